The van der Waals surface area contributed by atoms with Gasteiger partial charge in [0.1, 0.15) is 5.52 Å². The average Bonchev–Trinajstić information content (AvgIpc) is 2.83. The lowest BCUT2D eigenvalue weighted by Gasteiger charge is -2.01. The summed E-state index contributed by atoms with van der Waals surface area (Å²) in [7, 11) is 0. The molecule has 3 rings (SSSR count). The van der Waals surface area contributed by atoms with Crippen LogP contribution in [-0.2, 0) is 11.5 Å². The predicted molar refractivity (Wildman–Crippen MR) is 84.9 cm³/mol. The van der Waals surface area contributed by atoms with Crippen molar-refractivity contribution in [3.05, 3.63) is 58.9 Å². The number of hydrogen-bond donors (Lipinski definition) is 1. The second kappa shape index (κ2) is 5.77. The molecule has 0 saturated heterocycles. The maximum absolute atomic E-state index is 6.12. The van der Waals surface area contributed by atoms with E-state index in [1.54, 1.807) is 17.8 Å². The van der Waals surface area contributed by atoms with Crippen LogP contribution in [0, 0.1) is 0 Å². The molecular weight excluding hydrogens is 292 g/mol. The Morgan fingerprint density at radius 2 is 2.00 bits per heavy atom. The minimum atomic E-state index is 0.684. The Morgan fingerprint density at radius 3 is 2.85 bits per heavy atom. The second-order valence-corrected chi connectivity index (χ2v) is 5.81. The van der Waals surface area contributed by atoms with Gasteiger partial charge in [0.05, 0.1) is 5.75 Å². The fraction of sp³-hybridized carbons (Fsp3) is 0.133. The average molecular weight is 305 g/mol. The normalized spacial score (nSPS) is 11.1. The molecule has 0 unspecified atom stereocenters. The Labute approximate surface area is 126 Å². The van der Waals surface area contributed by atoms with E-state index in [0.717, 1.165) is 27.4 Å². The van der Waals surface area contributed by atoms with E-state index in [9.17, 15) is 0 Å². The van der Waals surface area contributed by atoms with Crippen LogP contribution < -0.4 is 5.73 Å². The van der Waals surface area contributed by atoms with Gasteiger partial charge in [-0.3, -0.25) is 0 Å². The number of nitrogen functional groups attached to an aromatic ring is 1. The van der Waals surface area contributed by atoms with E-state index in [1.807, 2.05) is 36.4 Å². The highest BCUT2D eigenvalue weighted by Crippen LogP contribution is 2.25. The summed E-state index contributed by atoms with van der Waals surface area (Å²) in [4.78, 5) is 4.43. The molecule has 0 aliphatic rings. The van der Waals surface area contributed by atoms with Gasteiger partial charge in [-0.25, -0.2) is 4.98 Å². The predicted octanol–water partition coefficient (Wildman–Crippen LogP) is 4.50. The number of fused-ring (bicyclic) bond motifs is 1. The molecule has 0 atom stereocenters. The highest BCUT2D eigenvalue weighted by molar-refractivity contribution is 7.97. The van der Waals surface area contributed by atoms with Crippen molar-refractivity contribution < 1.29 is 4.42 Å². The number of anilines is 1. The van der Waals surface area contributed by atoms with Gasteiger partial charge < -0.3 is 10.2 Å². The summed E-state index contributed by atoms with van der Waals surface area (Å²) in [5.74, 6) is 2.25. The van der Waals surface area contributed by atoms with Crippen molar-refractivity contribution in [2.75, 3.05) is 5.73 Å². The molecular formula is C15H13ClN2OS. The lowest BCUT2D eigenvalue weighted by molar-refractivity contribution is 0.556. The Bertz CT molecular complexity index is 742. The third kappa shape index (κ3) is 2.92. The van der Waals surface area contributed by atoms with Crippen molar-refractivity contribution in [3.63, 3.8) is 0 Å². The maximum Gasteiger partial charge on any atom is 0.205 e. The molecule has 1 heterocycles. The molecule has 0 aliphatic heterocycles. The molecule has 102 valence electrons. The second-order valence-electron chi connectivity index (χ2n) is 4.42. The van der Waals surface area contributed by atoms with Crippen molar-refractivity contribution in [1.82, 2.24) is 4.98 Å². The number of hydrogen-bond acceptors (Lipinski definition) is 4. The first kappa shape index (κ1) is 13.3. The summed E-state index contributed by atoms with van der Waals surface area (Å²) >= 11 is 7.84. The van der Waals surface area contributed by atoms with Gasteiger partial charge in [0.25, 0.3) is 0 Å². The van der Waals surface area contributed by atoms with Crippen molar-refractivity contribution in [2.24, 2.45) is 0 Å². The van der Waals surface area contributed by atoms with E-state index >= 15 is 0 Å². The first-order valence-corrected chi connectivity index (χ1v) is 7.72. The quantitative estimate of drug-likeness (QED) is 0.721. The van der Waals surface area contributed by atoms with Gasteiger partial charge in [0, 0.05) is 22.5 Å². The summed E-state index contributed by atoms with van der Waals surface area (Å²) in [6, 6.07) is 13.3. The van der Waals surface area contributed by atoms with Crippen molar-refractivity contribution in [3.8, 4) is 0 Å². The van der Waals surface area contributed by atoms with Crippen LogP contribution in [-0.4, -0.2) is 4.98 Å². The molecule has 0 bridgehead atoms. The first-order valence-electron chi connectivity index (χ1n) is 6.18. The van der Waals surface area contributed by atoms with E-state index in [-0.39, 0.29) is 0 Å². The fourth-order valence-corrected chi connectivity index (χ4v) is 3.07. The van der Waals surface area contributed by atoms with Crippen LogP contribution in [0.4, 0.5) is 5.69 Å². The highest BCUT2D eigenvalue weighted by atomic mass is 35.5. The molecule has 2 aromatic carbocycles. The molecule has 2 N–H and O–H groups in total. The van der Waals surface area contributed by atoms with Crippen LogP contribution >= 0.6 is 23.4 Å². The number of aromatic nitrogens is 1. The van der Waals surface area contributed by atoms with Crippen LogP contribution in [0.5, 0.6) is 0 Å². The summed E-state index contributed by atoms with van der Waals surface area (Å²) in [5, 5.41) is 0.797. The van der Waals surface area contributed by atoms with E-state index < -0.39 is 0 Å². The summed E-state index contributed by atoms with van der Waals surface area (Å²) in [6.07, 6.45) is 0. The molecule has 0 amide bonds. The maximum atomic E-state index is 6.12. The zero-order valence-electron chi connectivity index (χ0n) is 10.7. The molecule has 0 fully saturated rings. The van der Waals surface area contributed by atoms with E-state index in [2.05, 4.69) is 4.98 Å². The summed E-state index contributed by atoms with van der Waals surface area (Å²) < 4.78 is 5.67. The Hall–Kier alpha value is -1.65. The molecule has 1 aromatic heterocycles. The molecule has 3 aromatic rings. The molecule has 0 spiro atoms. The van der Waals surface area contributed by atoms with E-state index in [1.165, 1.54) is 0 Å². The smallest absolute Gasteiger partial charge is 0.205 e. The Balaban J connectivity index is 1.67. The van der Waals surface area contributed by atoms with Crippen LogP contribution in [0.1, 0.15) is 11.5 Å². The molecule has 20 heavy (non-hydrogen) atoms. The van der Waals surface area contributed by atoms with Crippen LogP contribution in [0.2, 0.25) is 5.02 Å². The summed E-state index contributed by atoms with van der Waals surface area (Å²) in [6.45, 7) is 0. The fourth-order valence-electron chi connectivity index (χ4n) is 1.91. The third-order valence-corrected chi connectivity index (χ3v) is 4.23. The van der Waals surface area contributed by atoms with E-state index in [4.69, 9.17) is 21.8 Å². The standard InChI is InChI=1S/C15H13ClN2OS/c16-12-4-2-1-3-10(12)8-20-9-15-18-13-6-5-11(17)7-14(13)19-15/h1-7H,8-9,17H2. The van der Waals surface area contributed by atoms with Gasteiger partial charge >= 0.3 is 0 Å². The Kier molecular flexibility index (Phi) is 3.85. The van der Waals surface area contributed by atoms with Gasteiger partial charge in [-0.1, -0.05) is 29.8 Å². The topological polar surface area (TPSA) is 52.0 Å². The van der Waals surface area contributed by atoms with Crippen molar-refractivity contribution in [1.29, 1.82) is 0 Å². The molecule has 0 saturated carbocycles. The van der Waals surface area contributed by atoms with Crippen LogP contribution in [0.15, 0.2) is 46.9 Å². The lowest BCUT2D eigenvalue weighted by atomic mass is 10.2. The minimum absolute atomic E-state index is 0.684. The monoisotopic (exact) mass is 304 g/mol. The third-order valence-electron chi connectivity index (χ3n) is 2.90. The van der Waals surface area contributed by atoms with Crippen molar-refractivity contribution in [2.45, 2.75) is 11.5 Å². The Morgan fingerprint density at radius 1 is 1.15 bits per heavy atom. The highest BCUT2D eigenvalue weighted by Gasteiger charge is 2.07. The number of thioether (sulfide) groups is 1. The lowest BCUT2D eigenvalue weighted by Crippen LogP contribution is -1.84. The van der Waals surface area contributed by atoms with Crippen LogP contribution in [0.25, 0.3) is 11.1 Å². The number of rotatable bonds is 4. The van der Waals surface area contributed by atoms with Gasteiger partial charge in [-0.15, -0.1) is 11.8 Å². The van der Waals surface area contributed by atoms with Crippen molar-refractivity contribution >= 4 is 40.1 Å². The largest absolute Gasteiger partial charge is 0.440 e. The molecule has 0 aliphatic carbocycles. The number of benzene rings is 2. The van der Waals surface area contributed by atoms with E-state index in [0.29, 0.717) is 17.3 Å². The number of oxazole rings is 1. The SMILES string of the molecule is Nc1ccc2nc(CSCc3ccccc3Cl)oc2c1. The molecule has 3 nitrogen and oxygen atoms in total. The minimum Gasteiger partial charge on any atom is -0.440 e. The first-order chi connectivity index (χ1) is 9.72. The summed E-state index contributed by atoms with van der Waals surface area (Å²) in [5.41, 5.74) is 9.10. The van der Waals surface area contributed by atoms with Gasteiger partial charge in [-0.05, 0) is 23.8 Å². The number of nitrogens with zero attached hydrogens (tertiary/aromatic N) is 1. The van der Waals surface area contributed by atoms with Gasteiger partial charge in [0.15, 0.2) is 5.58 Å². The molecule has 5 heteroatoms. The number of halogens is 1. The zero-order chi connectivity index (χ0) is 13.9. The zero-order valence-corrected chi connectivity index (χ0v) is 12.2. The van der Waals surface area contributed by atoms with Gasteiger partial charge in [0.2, 0.25) is 5.89 Å². The van der Waals surface area contributed by atoms with Crippen LogP contribution in [0.3, 0.4) is 0 Å². The number of nitrogens with two attached hydrogens (primary N) is 1. The van der Waals surface area contributed by atoms with Gasteiger partial charge in [-0.2, -0.15) is 0 Å². The molecule has 0 radical (unpaired) electrons.